The molecule has 0 aliphatic carbocycles. The number of aromatic hydroxyl groups is 1. The number of aliphatic hydroxyl groups is 1. The molecule has 3 rings (SSSR count). The maximum Gasteiger partial charge on any atom is 0.363 e. The molecule has 0 bridgehead atoms. The zero-order valence-electron chi connectivity index (χ0n) is 23.3. The van der Waals surface area contributed by atoms with E-state index in [-0.39, 0.29) is 48.4 Å². The van der Waals surface area contributed by atoms with Crippen molar-refractivity contribution >= 4 is 11.9 Å². The van der Waals surface area contributed by atoms with Crippen molar-refractivity contribution in [2.45, 2.75) is 84.7 Å². The van der Waals surface area contributed by atoms with Crippen LogP contribution in [-0.4, -0.2) is 45.7 Å². The molecule has 7 nitrogen and oxygen atoms in total. The third kappa shape index (κ3) is 5.93. The van der Waals surface area contributed by atoms with Crippen molar-refractivity contribution in [1.29, 1.82) is 0 Å². The van der Waals surface area contributed by atoms with Gasteiger partial charge in [0.2, 0.25) is 0 Å². The number of rotatable bonds is 5. The quantitative estimate of drug-likeness (QED) is 0.405. The van der Waals surface area contributed by atoms with Crippen LogP contribution < -0.4 is 4.89 Å². The maximum atomic E-state index is 13.6. The molecule has 7 heteroatoms. The summed E-state index contributed by atoms with van der Waals surface area (Å²) in [6.45, 7) is 15.9. The number of likely N-dealkylation sites (tertiary alicyclic amines) is 1. The lowest BCUT2D eigenvalue weighted by atomic mass is 9.69. The number of carbonyl (C=O) groups excluding carboxylic acids is 2. The van der Waals surface area contributed by atoms with Crippen LogP contribution in [0.1, 0.15) is 89.7 Å². The van der Waals surface area contributed by atoms with Gasteiger partial charge in [-0.1, -0.05) is 59.7 Å². The molecule has 1 heterocycles. The second-order valence-electron chi connectivity index (χ2n) is 12.6. The van der Waals surface area contributed by atoms with E-state index >= 15 is 0 Å². The first-order chi connectivity index (χ1) is 17.0. The fourth-order valence-electron chi connectivity index (χ4n) is 4.64. The smallest absolute Gasteiger partial charge is 0.363 e. The van der Waals surface area contributed by atoms with Crippen molar-refractivity contribution in [3.63, 3.8) is 0 Å². The van der Waals surface area contributed by atoms with E-state index in [1.54, 1.807) is 55.1 Å². The van der Waals surface area contributed by atoms with Gasteiger partial charge in [-0.2, -0.15) is 0 Å². The van der Waals surface area contributed by atoms with Gasteiger partial charge in [-0.15, -0.1) is 0 Å². The van der Waals surface area contributed by atoms with E-state index in [4.69, 9.17) is 9.78 Å². The van der Waals surface area contributed by atoms with Crippen LogP contribution >= 0.6 is 0 Å². The van der Waals surface area contributed by atoms with Gasteiger partial charge in [0.25, 0.3) is 5.91 Å². The van der Waals surface area contributed by atoms with E-state index in [2.05, 4.69) is 0 Å². The fourth-order valence-corrected chi connectivity index (χ4v) is 4.64. The maximum absolute atomic E-state index is 13.6. The third-order valence-electron chi connectivity index (χ3n) is 7.48. The summed E-state index contributed by atoms with van der Waals surface area (Å²) >= 11 is 0. The van der Waals surface area contributed by atoms with Crippen molar-refractivity contribution in [3.05, 3.63) is 59.2 Å². The topological polar surface area (TPSA) is 96.3 Å². The second kappa shape index (κ2) is 10.0. The number of para-hydroxylation sites is 1. The van der Waals surface area contributed by atoms with Crippen LogP contribution in [0.5, 0.6) is 11.5 Å². The molecular weight excluding hydrogens is 470 g/mol. The Labute approximate surface area is 220 Å². The van der Waals surface area contributed by atoms with Crippen molar-refractivity contribution in [2.24, 2.45) is 5.41 Å². The highest BCUT2D eigenvalue weighted by atomic mass is 17.2. The summed E-state index contributed by atoms with van der Waals surface area (Å²) in [7, 11) is 0. The van der Waals surface area contributed by atoms with Gasteiger partial charge in [0.15, 0.2) is 5.75 Å². The number of amides is 1. The molecule has 1 saturated heterocycles. The molecule has 1 amide bonds. The van der Waals surface area contributed by atoms with E-state index in [0.717, 1.165) is 11.1 Å². The highest BCUT2D eigenvalue weighted by molar-refractivity contribution is 5.95. The number of carbonyl (C=O) groups is 2. The van der Waals surface area contributed by atoms with Crippen LogP contribution in [0.4, 0.5) is 0 Å². The summed E-state index contributed by atoms with van der Waals surface area (Å²) in [4.78, 5) is 38.3. The predicted molar refractivity (Wildman–Crippen MR) is 143 cm³/mol. The zero-order chi connectivity index (χ0) is 27.8. The standard InChI is InChI=1S/C30H41NO6/c1-27(2,3)22-18-20(19-23(24(22)32)28(4,5)6)25(33)31-16-14-30(35,15-17-31)29(7,8)26(34)37-36-21-12-10-9-11-13-21/h9-13,18-19,32,35H,14-17H2,1-8H3. The summed E-state index contributed by atoms with van der Waals surface area (Å²) in [6.07, 6.45) is 0.422. The Morgan fingerprint density at radius 1 is 0.865 bits per heavy atom. The molecule has 1 aliphatic heterocycles. The highest BCUT2D eigenvalue weighted by Gasteiger charge is 2.52. The first kappa shape index (κ1) is 28.5. The van der Waals surface area contributed by atoms with E-state index < -0.39 is 17.0 Å². The van der Waals surface area contributed by atoms with Crippen LogP contribution in [0.15, 0.2) is 42.5 Å². The first-order valence-corrected chi connectivity index (χ1v) is 12.8. The molecule has 2 aromatic carbocycles. The largest absolute Gasteiger partial charge is 0.507 e. The molecule has 1 fully saturated rings. The lowest BCUT2D eigenvalue weighted by Crippen LogP contribution is -2.57. The molecule has 0 atom stereocenters. The molecule has 2 N–H and O–H groups in total. The molecule has 0 unspecified atom stereocenters. The molecule has 0 saturated carbocycles. The molecule has 202 valence electrons. The Balaban J connectivity index is 1.76. The minimum absolute atomic E-state index is 0.161. The molecule has 0 radical (unpaired) electrons. The number of benzene rings is 2. The van der Waals surface area contributed by atoms with Crippen LogP contribution in [0.25, 0.3) is 0 Å². The average molecular weight is 512 g/mol. The monoisotopic (exact) mass is 511 g/mol. The van der Waals surface area contributed by atoms with Crippen molar-refractivity contribution in [2.75, 3.05) is 13.1 Å². The minimum Gasteiger partial charge on any atom is -0.507 e. The summed E-state index contributed by atoms with van der Waals surface area (Å²) in [5.41, 5.74) is -1.38. The van der Waals surface area contributed by atoms with Crippen molar-refractivity contribution in [1.82, 2.24) is 4.90 Å². The Hall–Kier alpha value is -3.06. The van der Waals surface area contributed by atoms with Crippen LogP contribution in [0, 0.1) is 5.41 Å². The van der Waals surface area contributed by atoms with Gasteiger partial charge in [-0.3, -0.25) is 9.68 Å². The number of phenolic OH excluding ortho intramolecular Hbond substituents is 1. The van der Waals surface area contributed by atoms with Crippen LogP contribution in [-0.2, 0) is 20.5 Å². The van der Waals surface area contributed by atoms with E-state index in [9.17, 15) is 19.8 Å². The Bertz CT molecular complexity index is 1100. The fraction of sp³-hybridized carbons (Fsp3) is 0.533. The first-order valence-electron chi connectivity index (χ1n) is 12.8. The summed E-state index contributed by atoms with van der Waals surface area (Å²) in [5.74, 6) is -0.229. The molecule has 37 heavy (non-hydrogen) atoms. The van der Waals surface area contributed by atoms with Gasteiger partial charge in [-0.25, -0.2) is 9.68 Å². The average Bonchev–Trinajstić information content (AvgIpc) is 2.81. The summed E-state index contributed by atoms with van der Waals surface area (Å²) < 4.78 is 0. The van der Waals surface area contributed by atoms with E-state index in [1.165, 1.54) is 0 Å². The molecule has 0 aromatic heterocycles. The number of piperidine rings is 1. The van der Waals surface area contributed by atoms with Gasteiger partial charge in [0, 0.05) is 29.8 Å². The van der Waals surface area contributed by atoms with E-state index in [0.29, 0.717) is 11.3 Å². The third-order valence-corrected chi connectivity index (χ3v) is 7.48. The molecular formula is C30H41NO6. The van der Waals surface area contributed by atoms with Gasteiger partial charge in [0.1, 0.15) is 5.75 Å². The van der Waals surface area contributed by atoms with Crippen LogP contribution in [0.3, 0.4) is 0 Å². The minimum atomic E-state index is -1.37. The number of hydrogen-bond acceptors (Lipinski definition) is 6. The van der Waals surface area contributed by atoms with Crippen molar-refractivity contribution in [3.8, 4) is 11.5 Å². The van der Waals surface area contributed by atoms with Gasteiger partial charge < -0.3 is 15.1 Å². The lowest BCUT2D eigenvalue weighted by Gasteiger charge is -2.45. The summed E-state index contributed by atoms with van der Waals surface area (Å²) in [5, 5.41) is 22.4. The number of nitrogens with zero attached hydrogens (tertiary/aromatic N) is 1. The van der Waals surface area contributed by atoms with E-state index in [1.807, 2.05) is 47.6 Å². The molecule has 0 spiro atoms. The molecule has 2 aromatic rings. The number of phenols is 1. The number of hydrogen-bond donors (Lipinski definition) is 2. The van der Waals surface area contributed by atoms with Crippen LogP contribution in [0.2, 0.25) is 0 Å². The molecule has 1 aliphatic rings. The Kier molecular flexibility index (Phi) is 7.71. The SMILES string of the molecule is CC(C)(C)c1cc(C(=O)N2CCC(O)(C(C)(C)C(=O)OOc3ccccc3)CC2)cc(C(C)(C)C)c1O. The predicted octanol–water partition coefficient (Wildman–Crippen LogP) is 5.52. The van der Waals surface area contributed by atoms with Crippen molar-refractivity contribution < 1.29 is 29.6 Å². The zero-order valence-corrected chi connectivity index (χ0v) is 23.3. The lowest BCUT2D eigenvalue weighted by molar-refractivity contribution is -0.238. The van der Waals surface area contributed by atoms with Gasteiger partial charge >= 0.3 is 5.97 Å². The Morgan fingerprint density at radius 2 is 1.35 bits per heavy atom. The van der Waals surface area contributed by atoms with Gasteiger partial charge in [-0.05, 0) is 61.8 Å². The van der Waals surface area contributed by atoms with Gasteiger partial charge in [0.05, 0.1) is 11.0 Å². The normalized spacial score (nSPS) is 16.3. The highest BCUT2D eigenvalue weighted by Crippen LogP contribution is 2.42. The summed E-state index contributed by atoms with van der Waals surface area (Å²) in [6, 6.07) is 12.2. The Morgan fingerprint density at radius 3 is 1.81 bits per heavy atom. The second-order valence-corrected chi connectivity index (χ2v) is 12.6.